The maximum absolute atomic E-state index is 12.4. The summed E-state index contributed by atoms with van der Waals surface area (Å²) in [6, 6.07) is 1.66. The van der Waals surface area contributed by atoms with Gasteiger partial charge in [0.15, 0.2) is 0 Å². The molecule has 0 spiro atoms. The molecule has 1 amide bonds. The second kappa shape index (κ2) is 7.59. The van der Waals surface area contributed by atoms with Gasteiger partial charge in [-0.25, -0.2) is 4.98 Å². The van der Waals surface area contributed by atoms with Crippen LogP contribution in [-0.4, -0.2) is 71.7 Å². The average molecular weight is 313 g/mol. The monoisotopic (exact) mass is 312 g/mol. The molecule has 1 aliphatic rings. The third kappa shape index (κ3) is 4.06. The summed E-state index contributed by atoms with van der Waals surface area (Å²) in [7, 11) is 0. The van der Waals surface area contributed by atoms with Gasteiger partial charge in [0.25, 0.3) is 5.91 Å². The number of aliphatic hydroxyl groups excluding tert-OH is 1. The van der Waals surface area contributed by atoms with Crippen molar-refractivity contribution < 1.29 is 9.90 Å². The minimum Gasteiger partial charge on any atom is -0.395 e. The Morgan fingerprint density at radius 1 is 1.43 bits per heavy atom. The largest absolute Gasteiger partial charge is 0.395 e. The maximum atomic E-state index is 12.4. The Kier molecular flexibility index (Phi) is 5.78. The molecule has 1 aromatic heterocycles. The predicted molar refractivity (Wildman–Crippen MR) is 82.8 cm³/mol. The molecule has 0 radical (unpaired) electrons. The average Bonchev–Trinajstić information content (AvgIpc) is 2.50. The molecule has 2 rings (SSSR count). The minimum atomic E-state index is -0.0453. The van der Waals surface area contributed by atoms with E-state index < -0.39 is 0 Å². The van der Waals surface area contributed by atoms with E-state index in [1.54, 1.807) is 17.2 Å². The van der Waals surface area contributed by atoms with Gasteiger partial charge in [-0.2, -0.15) is 0 Å². The van der Waals surface area contributed by atoms with Crippen LogP contribution in [0.1, 0.15) is 17.3 Å². The Morgan fingerprint density at radius 3 is 2.71 bits per heavy atom. The number of rotatable bonds is 5. The first kappa shape index (κ1) is 16.0. The highest BCUT2D eigenvalue weighted by molar-refractivity contribution is 6.33. The Balaban J connectivity index is 1.99. The van der Waals surface area contributed by atoms with Crippen LogP contribution in [0.5, 0.6) is 0 Å². The predicted octanol–water partition coefficient (Wildman–Crippen LogP) is 0.917. The molecule has 0 unspecified atom stereocenters. The number of amides is 1. The molecule has 6 nitrogen and oxygen atoms in total. The summed E-state index contributed by atoms with van der Waals surface area (Å²) in [5.41, 5.74) is 0.511. The minimum absolute atomic E-state index is 0.0453. The number of hydrogen-bond acceptors (Lipinski definition) is 5. The van der Waals surface area contributed by atoms with Crippen molar-refractivity contribution in [1.82, 2.24) is 14.8 Å². The van der Waals surface area contributed by atoms with Crippen LogP contribution < -0.4 is 5.32 Å². The van der Waals surface area contributed by atoms with Gasteiger partial charge in [-0.3, -0.25) is 9.69 Å². The van der Waals surface area contributed by atoms with Crippen LogP contribution >= 0.6 is 11.6 Å². The summed E-state index contributed by atoms with van der Waals surface area (Å²) < 4.78 is 0. The number of hydrogen-bond donors (Lipinski definition) is 2. The number of nitrogens with zero attached hydrogens (tertiary/aromatic N) is 3. The number of anilines is 1. The topological polar surface area (TPSA) is 68.7 Å². The Labute approximate surface area is 129 Å². The number of aliphatic hydroxyl groups is 1. The first-order chi connectivity index (χ1) is 10.2. The van der Waals surface area contributed by atoms with Crippen molar-refractivity contribution in [3.63, 3.8) is 0 Å². The second-order valence-corrected chi connectivity index (χ2v) is 5.35. The van der Waals surface area contributed by atoms with E-state index in [-0.39, 0.29) is 12.5 Å². The van der Waals surface area contributed by atoms with E-state index in [0.717, 1.165) is 19.6 Å². The fourth-order valence-corrected chi connectivity index (χ4v) is 2.58. The van der Waals surface area contributed by atoms with Crippen LogP contribution in [0.15, 0.2) is 12.3 Å². The summed E-state index contributed by atoms with van der Waals surface area (Å²) in [5, 5.41) is 12.4. The summed E-state index contributed by atoms with van der Waals surface area (Å²) in [5.74, 6) is 0.555. The highest BCUT2D eigenvalue weighted by Gasteiger charge is 2.22. The van der Waals surface area contributed by atoms with Crippen LogP contribution in [0.25, 0.3) is 0 Å². The van der Waals surface area contributed by atoms with Crippen LogP contribution in [0, 0.1) is 0 Å². The lowest BCUT2D eigenvalue weighted by Gasteiger charge is -2.34. The molecule has 0 bridgehead atoms. The zero-order valence-electron chi connectivity index (χ0n) is 12.2. The van der Waals surface area contributed by atoms with E-state index in [1.807, 2.05) is 6.92 Å². The van der Waals surface area contributed by atoms with Crippen molar-refractivity contribution in [1.29, 1.82) is 0 Å². The molecule has 2 N–H and O–H groups in total. The molecular weight excluding hydrogens is 292 g/mol. The lowest BCUT2D eigenvalue weighted by molar-refractivity contribution is 0.0614. The molecule has 0 saturated carbocycles. The maximum Gasteiger partial charge on any atom is 0.255 e. The van der Waals surface area contributed by atoms with Crippen LogP contribution in [-0.2, 0) is 0 Å². The van der Waals surface area contributed by atoms with E-state index in [9.17, 15) is 4.79 Å². The number of carbonyl (C=O) groups is 1. The summed E-state index contributed by atoms with van der Waals surface area (Å²) in [6.07, 6.45) is 1.56. The van der Waals surface area contributed by atoms with Gasteiger partial charge in [0.05, 0.1) is 17.2 Å². The molecule has 1 aliphatic heterocycles. The first-order valence-corrected chi connectivity index (χ1v) is 7.55. The van der Waals surface area contributed by atoms with Gasteiger partial charge in [-0.15, -0.1) is 0 Å². The smallest absolute Gasteiger partial charge is 0.255 e. The third-order valence-corrected chi connectivity index (χ3v) is 3.80. The lowest BCUT2D eigenvalue weighted by atomic mass is 10.2. The molecular formula is C14H21ClN4O2. The second-order valence-electron chi connectivity index (χ2n) is 4.94. The highest BCUT2D eigenvalue weighted by Crippen LogP contribution is 2.21. The van der Waals surface area contributed by atoms with Crippen LogP contribution in [0.4, 0.5) is 5.82 Å². The van der Waals surface area contributed by atoms with Crippen molar-refractivity contribution >= 4 is 23.3 Å². The molecule has 1 aromatic rings. The number of piperazine rings is 1. The van der Waals surface area contributed by atoms with E-state index in [0.29, 0.717) is 36.0 Å². The van der Waals surface area contributed by atoms with Gasteiger partial charge < -0.3 is 15.3 Å². The normalized spacial score (nSPS) is 16.0. The Hall–Kier alpha value is -1.37. The molecule has 21 heavy (non-hydrogen) atoms. The zero-order chi connectivity index (χ0) is 15.2. The van der Waals surface area contributed by atoms with Crippen molar-refractivity contribution in [2.24, 2.45) is 0 Å². The van der Waals surface area contributed by atoms with E-state index >= 15 is 0 Å². The highest BCUT2D eigenvalue weighted by atomic mass is 35.5. The van der Waals surface area contributed by atoms with Gasteiger partial charge in [0, 0.05) is 45.5 Å². The Morgan fingerprint density at radius 2 is 2.14 bits per heavy atom. The van der Waals surface area contributed by atoms with Crippen LogP contribution in [0.3, 0.4) is 0 Å². The quantitative estimate of drug-likeness (QED) is 0.846. The molecule has 1 fully saturated rings. The van der Waals surface area contributed by atoms with Crippen LogP contribution in [0.2, 0.25) is 5.02 Å². The summed E-state index contributed by atoms with van der Waals surface area (Å²) >= 11 is 6.12. The number of aromatic nitrogens is 1. The number of carbonyl (C=O) groups excluding carboxylic acids is 1. The number of halogens is 1. The molecule has 7 heteroatoms. The lowest BCUT2D eigenvalue weighted by Crippen LogP contribution is -2.49. The van der Waals surface area contributed by atoms with E-state index in [2.05, 4.69) is 15.2 Å². The van der Waals surface area contributed by atoms with E-state index in [1.165, 1.54) is 0 Å². The third-order valence-electron chi connectivity index (χ3n) is 3.51. The van der Waals surface area contributed by atoms with Crippen molar-refractivity contribution in [3.8, 4) is 0 Å². The summed E-state index contributed by atoms with van der Waals surface area (Å²) in [4.78, 5) is 20.6. The first-order valence-electron chi connectivity index (χ1n) is 7.17. The standard InChI is InChI=1S/C14H21ClN4O2/c1-2-16-13-12(15)9-11(10-17-13)14(21)19-5-3-18(4-6-19)7-8-20/h9-10,20H,2-8H2,1H3,(H,16,17). The molecule has 0 aliphatic carbocycles. The van der Waals surface area contributed by atoms with Crippen molar-refractivity contribution in [3.05, 3.63) is 22.8 Å². The number of pyridine rings is 1. The molecule has 116 valence electrons. The molecule has 2 heterocycles. The summed E-state index contributed by atoms with van der Waals surface area (Å²) in [6.45, 7) is 6.38. The fourth-order valence-electron chi connectivity index (χ4n) is 2.35. The SMILES string of the molecule is CCNc1ncc(C(=O)N2CCN(CCO)CC2)cc1Cl. The molecule has 0 atom stereocenters. The van der Waals surface area contributed by atoms with Gasteiger partial charge in [-0.1, -0.05) is 11.6 Å². The van der Waals surface area contributed by atoms with Gasteiger partial charge in [0.2, 0.25) is 0 Å². The van der Waals surface area contributed by atoms with Crippen molar-refractivity contribution in [2.45, 2.75) is 6.92 Å². The molecule has 0 aromatic carbocycles. The Bertz CT molecular complexity index is 490. The van der Waals surface area contributed by atoms with Crippen molar-refractivity contribution in [2.75, 3.05) is 51.2 Å². The number of nitrogens with one attached hydrogen (secondary N) is 1. The zero-order valence-corrected chi connectivity index (χ0v) is 12.9. The fraction of sp³-hybridized carbons (Fsp3) is 0.571. The van der Waals surface area contributed by atoms with E-state index in [4.69, 9.17) is 16.7 Å². The number of β-amino-alcohol motifs (C(OH)–C–C–N with tert-alkyl or cyclic N) is 1. The van der Waals surface area contributed by atoms with Gasteiger partial charge in [-0.05, 0) is 13.0 Å². The molecule has 1 saturated heterocycles. The van der Waals surface area contributed by atoms with Gasteiger partial charge in [0.1, 0.15) is 5.82 Å². The van der Waals surface area contributed by atoms with Gasteiger partial charge >= 0.3 is 0 Å².